The van der Waals surface area contributed by atoms with Crippen LogP contribution in [-0.2, 0) is 4.74 Å². The number of ether oxygens (including phenoxy) is 1. The first kappa shape index (κ1) is 25.7. The summed E-state index contributed by atoms with van der Waals surface area (Å²) in [5.41, 5.74) is 2.13. The van der Waals surface area contributed by atoms with Crippen LogP contribution in [0.3, 0.4) is 0 Å². The lowest BCUT2D eigenvalue weighted by molar-refractivity contribution is 0.0564. The number of hydrogen-bond donors (Lipinski definition) is 1. The zero-order valence-electron chi connectivity index (χ0n) is 19.1. The molecule has 1 N–H and O–H groups in total. The number of nitrogens with zero attached hydrogens (tertiary/aromatic N) is 5. The van der Waals surface area contributed by atoms with Gasteiger partial charge in [-0.2, -0.15) is 13.9 Å². The molecule has 5 rings (SSSR count). The zero-order valence-corrected chi connectivity index (χ0v) is 20.6. The number of aliphatic imine (C=N–C) groups is 1. The van der Waals surface area contributed by atoms with Crippen molar-refractivity contribution in [3.05, 3.63) is 75.3 Å². The predicted octanol–water partition coefficient (Wildman–Crippen LogP) is 5.21. The van der Waals surface area contributed by atoms with E-state index in [1.165, 1.54) is 29.7 Å². The average molecular weight is 539 g/mol. The highest BCUT2D eigenvalue weighted by atomic mass is 35.5. The summed E-state index contributed by atoms with van der Waals surface area (Å²) in [6.07, 6.45) is 3.00. The highest BCUT2D eigenvalue weighted by Gasteiger charge is 2.37. The van der Waals surface area contributed by atoms with Crippen LogP contribution in [0.15, 0.2) is 58.8 Å². The molecule has 0 bridgehead atoms. The van der Waals surface area contributed by atoms with Crippen LogP contribution >= 0.6 is 22.9 Å². The number of thiazole rings is 1. The van der Waals surface area contributed by atoms with Gasteiger partial charge < -0.3 is 15.0 Å². The first-order valence-corrected chi connectivity index (χ1v) is 12.2. The Balaban J connectivity index is 0.000000325. The molecule has 2 aromatic heterocycles. The van der Waals surface area contributed by atoms with Crippen molar-refractivity contribution in [2.45, 2.75) is 25.9 Å². The number of rotatable bonds is 5. The van der Waals surface area contributed by atoms with Gasteiger partial charge in [-0.05, 0) is 31.2 Å². The van der Waals surface area contributed by atoms with E-state index >= 15 is 0 Å². The molecule has 1 saturated heterocycles. The molecule has 1 atom stereocenters. The van der Waals surface area contributed by atoms with Crippen LogP contribution in [0, 0.1) is 5.82 Å². The van der Waals surface area contributed by atoms with E-state index in [4.69, 9.17) is 16.3 Å². The van der Waals surface area contributed by atoms with Crippen molar-refractivity contribution in [2.75, 3.05) is 19.7 Å². The molecule has 1 amide bonds. The molecular formula is C23H22ClF3N6O2S. The monoisotopic (exact) mass is 538 g/mol. The molecule has 4 heterocycles. The zero-order chi connectivity index (χ0) is 25.7. The minimum absolute atomic E-state index is 0.190. The van der Waals surface area contributed by atoms with Gasteiger partial charge in [0.1, 0.15) is 5.82 Å². The Hall–Kier alpha value is -3.38. The number of alkyl halides is 2. The smallest absolute Gasteiger partial charge is 0.407 e. The third-order valence-corrected chi connectivity index (χ3v) is 6.29. The van der Waals surface area contributed by atoms with Gasteiger partial charge in [0, 0.05) is 47.0 Å². The molecule has 0 spiro atoms. The van der Waals surface area contributed by atoms with Crippen LogP contribution in [0.1, 0.15) is 30.6 Å². The maximum Gasteiger partial charge on any atom is 0.407 e. The Morgan fingerprint density at radius 3 is 2.81 bits per heavy atom. The van der Waals surface area contributed by atoms with E-state index in [1.807, 2.05) is 10.3 Å². The number of alkyl carbamates (subject to hydrolysis) is 1. The molecule has 8 nitrogen and oxygen atoms in total. The van der Waals surface area contributed by atoms with Crippen LogP contribution in [0.25, 0.3) is 5.57 Å². The molecule has 0 aliphatic carbocycles. The normalized spacial score (nSPS) is 16.9. The van der Waals surface area contributed by atoms with E-state index in [0.717, 1.165) is 22.1 Å². The molecule has 2 aliphatic rings. The number of aromatic nitrogens is 3. The number of fused-ring (bicyclic) bond motifs is 1. The molecule has 190 valence electrons. The van der Waals surface area contributed by atoms with Crippen LogP contribution < -0.4 is 5.32 Å². The Morgan fingerprint density at radius 1 is 1.36 bits per heavy atom. The van der Waals surface area contributed by atoms with Gasteiger partial charge in [0.15, 0.2) is 10.8 Å². The summed E-state index contributed by atoms with van der Waals surface area (Å²) < 4.78 is 43.5. The maximum absolute atomic E-state index is 12.9. The molecule has 0 radical (unpaired) electrons. The number of amides is 1. The molecule has 1 fully saturated rings. The van der Waals surface area contributed by atoms with Crippen LogP contribution in [-0.4, -0.2) is 57.3 Å². The second kappa shape index (κ2) is 11.6. The summed E-state index contributed by atoms with van der Waals surface area (Å²) in [7, 11) is 0. The predicted molar refractivity (Wildman–Crippen MR) is 131 cm³/mol. The van der Waals surface area contributed by atoms with E-state index in [0.29, 0.717) is 34.9 Å². The minimum atomic E-state index is -2.70. The lowest BCUT2D eigenvalue weighted by atomic mass is 10.1. The fraction of sp³-hybridized carbons (Fsp3) is 0.304. The summed E-state index contributed by atoms with van der Waals surface area (Å²) in [5, 5.41) is 9.90. The van der Waals surface area contributed by atoms with Gasteiger partial charge in [-0.25, -0.2) is 18.9 Å². The van der Waals surface area contributed by atoms with Crippen LogP contribution in [0.2, 0.25) is 5.02 Å². The topological polar surface area (TPSA) is 84.6 Å². The third-order valence-electron chi connectivity index (χ3n) is 5.28. The Bertz CT molecular complexity index is 1250. The number of hydrogen-bond acceptors (Lipinski definition) is 7. The molecule has 3 aromatic rings. The summed E-state index contributed by atoms with van der Waals surface area (Å²) >= 11 is 6.87. The Labute approximate surface area is 214 Å². The van der Waals surface area contributed by atoms with Gasteiger partial charge in [0.05, 0.1) is 24.9 Å². The van der Waals surface area contributed by atoms with Gasteiger partial charge in [0.2, 0.25) is 0 Å². The first-order chi connectivity index (χ1) is 17.4. The quantitative estimate of drug-likeness (QED) is 0.482. The Kier molecular flexibility index (Phi) is 8.26. The highest BCUT2D eigenvalue weighted by Crippen LogP contribution is 2.35. The number of carbonyl (C=O) groups excluding carboxylic acids is 1. The second-order valence-corrected chi connectivity index (χ2v) is 9.01. The SMILES string of the molecule is CCOC(=O)NC1CC2=C(c3ccn(C(F)F)n3)CN=C(c3nccs3)N2C1.Fc1cccc(Cl)c1. The number of nitrogens with one attached hydrogen (secondary N) is 1. The van der Waals surface area contributed by atoms with Crippen molar-refractivity contribution >= 4 is 40.4 Å². The van der Waals surface area contributed by atoms with Crippen molar-refractivity contribution in [3.63, 3.8) is 0 Å². The lowest BCUT2D eigenvalue weighted by Gasteiger charge is -2.27. The van der Waals surface area contributed by atoms with E-state index < -0.39 is 12.6 Å². The standard InChI is InChI=1S/C17H18F2N6O2S.C6H4ClF/c1-2-27-17(26)22-10-7-13-11(12-3-5-25(23-12)16(18)19)8-21-14(24(13)9-10)15-20-4-6-28-15;7-5-2-1-3-6(8)4-5/h3-6,10,16H,2,7-9H2,1H3,(H,22,26);1-4H. The number of amidine groups is 1. The summed E-state index contributed by atoms with van der Waals surface area (Å²) in [6, 6.07) is 7.18. The van der Waals surface area contributed by atoms with Gasteiger partial charge >= 0.3 is 12.6 Å². The molecular weight excluding hydrogens is 517 g/mol. The highest BCUT2D eigenvalue weighted by molar-refractivity contribution is 7.11. The third kappa shape index (κ3) is 6.05. The largest absolute Gasteiger partial charge is 0.450 e. The molecule has 2 aliphatic heterocycles. The van der Waals surface area contributed by atoms with Crippen molar-refractivity contribution in [1.29, 1.82) is 0 Å². The average Bonchev–Trinajstić information content (AvgIpc) is 3.59. The first-order valence-electron chi connectivity index (χ1n) is 11.0. The fourth-order valence-electron chi connectivity index (χ4n) is 3.82. The molecule has 13 heteroatoms. The van der Waals surface area contributed by atoms with Crippen LogP contribution in [0.5, 0.6) is 0 Å². The minimum Gasteiger partial charge on any atom is -0.450 e. The summed E-state index contributed by atoms with van der Waals surface area (Å²) in [4.78, 5) is 22.8. The van der Waals surface area contributed by atoms with E-state index in [-0.39, 0.29) is 18.5 Å². The number of carbonyl (C=O) groups is 1. The second-order valence-electron chi connectivity index (χ2n) is 7.68. The molecule has 1 aromatic carbocycles. The van der Waals surface area contributed by atoms with Gasteiger partial charge in [-0.1, -0.05) is 17.7 Å². The summed E-state index contributed by atoms with van der Waals surface area (Å²) in [5.74, 6) is 0.424. The maximum atomic E-state index is 12.9. The van der Waals surface area contributed by atoms with Gasteiger partial charge in [-0.3, -0.25) is 4.99 Å². The van der Waals surface area contributed by atoms with Crippen LogP contribution in [0.4, 0.5) is 18.0 Å². The lowest BCUT2D eigenvalue weighted by Crippen LogP contribution is -2.39. The number of benzene rings is 1. The fourth-order valence-corrected chi connectivity index (χ4v) is 4.65. The van der Waals surface area contributed by atoms with Gasteiger partial charge in [-0.15, -0.1) is 11.3 Å². The Morgan fingerprint density at radius 2 is 2.19 bits per heavy atom. The molecule has 36 heavy (non-hydrogen) atoms. The van der Waals surface area contributed by atoms with Gasteiger partial charge in [0.25, 0.3) is 0 Å². The van der Waals surface area contributed by atoms with E-state index in [1.54, 1.807) is 31.3 Å². The summed E-state index contributed by atoms with van der Waals surface area (Å²) in [6.45, 7) is 0.131. The van der Waals surface area contributed by atoms with Crippen molar-refractivity contribution in [1.82, 2.24) is 25.0 Å². The van der Waals surface area contributed by atoms with Crippen molar-refractivity contribution < 1.29 is 22.7 Å². The van der Waals surface area contributed by atoms with E-state index in [9.17, 15) is 18.0 Å². The molecule has 1 unspecified atom stereocenters. The van der Waals surface area contributed by atoms with Crippen molar-refractivity contribution in [3.8, 4) is 0 Å². The van der Waals surface area contributed by atoms with Crippen molar-refractivity contribution in [2.24, 2.45) is 4.99 Å². The number of halogens is 4. The van der Waals surface area contributed by atoms with E-state index in [2.05, 4.69) is 20.4 Å². The molecule has 0 saturated carbocycles.